The summed E-state index contributed by atoms with van der Waals surface area (Å²) in [5, 5.41) is -0.0274. The highest BCUT2D eigenvalue weighted by atomic mass is 32.2. The van der Waals surface area contributed by atoms with Crippen LogP contribution in [0.1, 0.15) is 33.4 Å². The molecular weight excluding hydrogens is 304 g/mol. The topological polar surface area (TPSA) is 30.2 Å². The number of carbonyl (C=O) groups excluding carboxylic acids is 1. The van der Waals surface area contributed by atoms with Gasteiger partial charge in [-0.25, -0.2) is 0 Å². The Balaban J connectivity index is 1.79. The van der Waals surface area contributed by atoms with E-state index in [1.807, 2.05) is 42.5 Å². The van der Waals surface area contributed by atoms with Gasteiger partial charge in [0.05, 0.1) is 11.5 Å². The van der Waals surface area contributed by atoms with Crippen molar-refractivity contribution in [3.63, 3.8) is 0 Å². The lowest BCUT2D eigenvalue weighted by Gasteiger charge is -2.14. The van der Waals surface area contributed by atoms with Crippen LogP contribution >= 0.6 is 11.8 Å². The van der Waals surface area contributed by atoms with Crippen molar-refractivity contribution >= 4 is 17.5 Å². The Bertz CT molecular complexity index is 746. The van der Waals surface area contributed by atoms with Crippen LogP contribution in [0, 0.1) is 6.92 Å². The number of Topliss-reactive ketones (excluding diaryl/α,β-unsaturated/α-hetero) is 1. The molecule has 0 aliphatic carbocycles. The van der Waals surface area contributed by atoms with E-state index in [9.17, 15) is 4.79 Å². The molecule has 0 aliphatic rings. The fourth-order valence-corrected chi connectivity index (χ4v) is 3.47. The van der Waals surface area contributed by atoms with E-state index >= 15 is 0 Å². The van der Waals surface area contributed by atoms with Gasteiger partial charge in [-0.15, -0.1) is 11.8 Å². The maximum absolute atomic E-state index is 12.5. The summed E-state index contributed by atoms with van der Waals surface area (Å²) < 4.78 is 5.56. The number of furan rings is 1. The Kier molecular flexibility index (Phi) is 4.99. The van der Waals surface area contributed by atoms with Gasteiger partial charge in [-0.2, -0.15) is 0 Å². The van der Waals surface area contributed by atoms with Gasteiger partial charge in [0.2, 0.25) is 0 Å². The zero-order valence-corrected chi connectivity index (χ0v) is 13.8. The lowest BCUT2D eigenvalue weighted by molar-refractivity contribution is 0.0980. The van der Waals surface area contributed by atoms with Crippen LogP contribution in [0.3, 0.4) is 0 Å². The SMILES string of the molecule is Cc1ccc(SC(CC(=O)c2ccccc2)c2ccco2)cc1. The predicted octanol–water partition coefficient (Wildman–Crippen LogP) is 5.69. The highest BCUT2D eigenvalue weighted by molar-refractivity contribution is 7.99. The molecule has 1 atom stereocenters. The normalized spacial score (nSPS) is 12.0. The number of ketones is 1. The first-order valence-electron chi connectivity index (χ1n) is 7.57. The van der Waals surface area contributed by atoms with Gasteiger partial charge in [0.25, 0.3) is 0 Å². The average molecular weight is 322 g/mol. The quantitative estimate of drug-likeness (QED) is 0.431. The fraction of sp³-hybridized carbons (Fsp3) is 0.150. The van der Waals surface area contributed by atoms with E-state index in [0.717, 1.165) is 16.2 Å². The summed E-state index contributed by atoms with van der Waals surface area (Å²) in [6.45, 7) is 2.07. The Morgan fingerprint density at radius 1 is 1.00 bits per heavy atom. The van der Waals surface area contributed by atoms with Crippen LogP contribution in [0.15, 0.2) is 82.3 Å². The highest BCUT2D eigenvalue weighted by Crippen LogP contribution is 2.38. The van der Waals surface area contributed by atoms with Crippen molar-refractivity contribution in [1.82, 2.24) is 0 Å². The second-order valence-corrected chi connectivity index (χ2v) is 6.70. The van der Waals surface area contributed by atoms with Gasteiger partial charge < -0.3 is 4.42 Å². The predicted molar refractivity (Wildman–Crippen MR) is 93.9 cm³/mol. The Morgan fingerprint density at radius 2 is 1.74 bits per heavy atom. The number of aryl methyl sites for hydroxylation is 1. The van der Waals surface area contributed by atoms with Crippen molar-refractivity contribution in [3.05, 3.63) is 89.9 Å². The zero-order chi connectivity index (χ0) is 16.1. The fourth-order valence-electron chi connectivity index (χ4n) is 2.37. The monoisotopic (exact) mass is 322 g/mol. The zero-order valence-electron chi connectivity index (χ0n) is 12.9. The van der Waals surface area contributed by atoms with Crippen molar-refractivity contribution in [2.75, 3.05) is 0 Å². The molecule has 1 heterocycles. The molecule has 0 bridgehead atoms. The highest BCUT2D eigenvalue weighted by Gasteiger charge is 2.20. The Morgan fingerprint density at radius 3 is 2.39 bits per heavy atom. The number of benzene rings is 2. The molecule has 2 aromatic carbocycles. The maximum atomic E-state index is 12.5. The van der Waals surface area contributed by atoms with Crippen molar-refractivity contribution in [2.45, 2.75) is 23.5 Å². The van der Waals surface area contributed by atoms with E-state index in [0.29, 0.717) is 6.42 Å². The second-order valence-electron chi connectivity index (χ2n) is 5.43. The van der Waals surface area contributed by atoms with Gasteiger partial charge in [0.1, 0.15) is 5.76 Å². The standard InChI is InChI=1S/C20H18O2S/c1-15-9-11-17(12-10-15)23-20(19-8-5-13-22-19)14-18(21)16-6-3-2-4-7-16/h2-13,20H,14H2,1H3. The molecule has 0 radical (unpaired) electrons. The van der Waals surface area contributed by atoms with Crippen LogP contribution in [0.25, 0.3) is 0 Å². The van der Waals surface area contributed by atoms with Crippen LogP contribution in [0.5, 0.6) is 0 Å². The largest absolute Gasteiger partial charge is 0.468 e. The van der Waals surface area contributed by atoms with Gasteiger partial charge in [0, 0.05) is 16.9 Å². The lowest BCUT2D eigenvalue weighted by Crippen LogP contribution is -2.04. The van der Waals surface area contributed by atoms with Gasteiger partial charge >= 0.3 is 0 Å². The molecule has 3 aromatic rings. The third kappa shape index (κ3) is 4.14. The third-order valence-electron chi connectivity index (χ3n) is 3.63. The van der Waals surface area contributed by atoms with Crippen LogP contribution < -0.4 is 0 Å². The molecular formula is C20H18O2S. The summed E-state index contributed by atoms with van der Waals surface area (Å²) in [7, 11) is 0. The van der Waals surface area contributed by atoms with E-state index in [-0.39, 0.29) is 11.0 Å². The van der Waals surface area contributed by atoms with Crippen LogP contribution in [0.4, 0.5) is 0 Å². The summed E-state index contributed by atoms with van der Waals surface area (Å²) in [6, 6.07) is 21.6. The first-order valence-corrected chi connectivity index (χ1v) is 8.45. The van der Waals surface area contributed by atoms with Gasteiger partial charge in [-0.05, 0) is 31.2 Å². The molecule has 0 saturated heterocycles. The van der Waals surface area contributed by atoms with E-state index in [1.165, 1.54) is 5.56 Å². The summed E-state index contributed by atoms with van der Waals surface area (Å²) in [6.07, 6.45) is 2.07. The first-order chi connectivity index (χ1) is 11.2. The summed E-state index contributed by atoms with van der Waals surface area (Å²) in [5.41, 5.74) is 1.97. The number of hydrogen-bond acceptors (Lipinski definition) is 3. The van der Waals surface area contributed by atoms with Gasteiger partial charge in [-0.1, -0.05) is 48.0 Å². The molecule has 3 rings (SSSR count). The Labute approximate surface area is 140 Å². The molecule has 1 aromatic heterocycles. The minimum Gasteiger partial charge on any atom is -0.468 e. The molecule has 0 N–H and O–H groups in total. The van der Waals surface area contributed by atoms with E-state index in [2.05, 4.69) is 31.2 Å². The van der Waals surface area contributed by atoms with Crippen molar-refractivity contribution < 1.29 is 9.21 Å². The minimum absolute atomic E-state index is 0.0274. The molecule has 0 aliphatic heterocycles. The summed E-state index contributed by atoms with van der Waals surface area (Å²) in [4.78, 5) is 13.7. The smallest absolute Gasteiger partial charge is 0.164 e. The lowest BCUT2D eigenvalue weighted by atomic mass is 10.1. The molecule has 1 unspecified atom stereocenters. The van der Waals surface area contributed by atoms with Crippen molar-refractivity contribution in [1.29, 1.82) is 0 Å². The molecule has 23 heavy (non-hydrogen) atoms. The molecule has 0 saturated carbocycles. The van der Waals surface area contributed by atoms with Gasteiger partial charge in [-0.3, -0.25) is 4.79 Å². The molecule has 2 nitrogen and oxygen atoms in total. The molecule has 0 fully saturated rings. The van der Waals surface area contributed by atoms with Crippen LogP contribution in [-0.2, 0) is 0 Å². The number of carbonyl (C=O) groups is 1. The molecule has 3 heteroatoms. The van der Waals surface area contributed by atoms with E-state index < -0.39 is 0 Å². The van der Waals surface area contributed by atoms with Crippen LogP contribution in [0.2, 0.25) is 0 Å². The Hall–Kier alpha value is -2.26. The minimum atomic E-state index is -0.0274. The number of hydrogen-bond donors (Lipinski definition) is 0. The van der Waals surface area contributed by atoms with Crippen molar-refractivity contribution in [3.8, 4) is 0 Å². The number of rotatable bonds is 6. The molecule has 0 spiro atoms. The van der Waals surface area contributed by atoms with Gasteiger partial charge in [0.15, 0.2) is 5.78 Å². The maximum Gasteiger partial charge on any atom is 0.164 e. The number of thioether (sulfide) groups is 1. The third-order valence-corrected chi connectivity index (χ3v) is 4.85. The van der Waals surface area contributed by atoms with E-state index in [1.54, 1.807) is 18.0 Å². The summed E-state index contributed by atoms with van der Waals surface area (Å²) in [5.74, 6) is 0.964. The molecule has 116 valence electrons. The first kappa shape index (κ1) is 15.6. The van der Waals surface area contributed by atoms with Crippen molar-refractivity contribution in [2.24, 2.45) is 0 Å². The summed E-state index contributed by atoms with van der Waals surface area (Å²) >= 11 is 1.66. The van der Waals surface area contributed by atoms with Crippen LogP contribution in [-0.4, -0.2) is 5.78 Å². The van der Waals surface area contributed by atoms with E-state index in [4.69, 9.17) is 4.42 Å². The average Bonchev–Trinajstić information content (AvgIpc) is 3.11. The second kappa shape index (κ2) is 7.34. The molecule has 0 amide bonds.